The van der Waals surface area contributed by atoms with Crippen molar-refractivity contribution >= 4 is 34.7 Å². The molecule has 0 unspecified atom stereocenters. The lowest BCUT2D eigenvalue weighted by Crippen LogP contribution is -2.22. The molecule has 0 fully saturated rings. The summed E-state index contributed by atoms with van der Waals surface area (Å²) in [5, 5.41) is 11.7. The number of hydrogen-bond acceptors (Lipinski definition) is 5. The van der Waals surface area contributed by atoms with Gasteiger partial charge in [0.1, 0.15) is 5.82 Å². The molecule has 5 nitrogen and oxygen atoms in total. The van der Waals surface area contributed by atoms with Gasteiger partial charge in [0.05, 0.1) is 10.1 Å². The Balaban J connectivity index is 1.62. The number of rotatable bonds is 5. The molecule has 1 atom stereocenters. The zero-order valence-electron chi connectivity index (χ0n) is 12.1. The predicted molar refractivity (Wildman–Crippen MR) is 90.0 cm³/mol. The van der Waals surface area contributed by atoms with Crippen molar-refractivity contribution in [2.75, 3.05) is 5.32 Å². The fraction of sp³-hybridized carbons (Fsp3) is 0.133. The number of halogens is 1. The SMILES string of the molecule is C[C@@H](Sc1n[nH]c(-c2cccs2)n1)C(=O)Nc1cccc(F)c1. The van der Waals surface area contributed by atoms with Crippen LogP contribution in [-0.4, -0.2) is 26.3 Å². The molecule has 0 aliphatic rings. The summed E-state index contributed by atoms with van der Waals surface area (Å²) < 4.78 is 13.1. The van der Waals surface area contributed by atoms with E-state index in [1.807, 2.05) is 17.5 Å². The highest BCUT2D eigenvalue weighted by Crippen LogP contribution is 2.25. The Labute approximate surface area is 140 Å². The normalized spacial score (nSPS) is 12.1. The van der Waals surface area contributed by atoms with Crippen LogP contribution in [0.25, 0.3) is 10.7 Å². The van der Waals surface area contributed by atoms with Crippen LogP contribution in [0.15, 0.2) is 46.9 Å². The summed E-state index contributed by atoms with van der Waals surface area (Å²) in [6.45, 7) is 1.75. The summed E-state index contributed by atoms with van der Waals surface area (Å²) in [5.41, 5.74) is 0.428. The van der Waals surface area contributed by atoms with Crippen molar-refractivity contribution in [3.05, 3.63) is 47.6 Å². The number of anilines is 1. The van der Waals surface area contributed by atoms with E-state index in [0.717, 1.165) is 4.88 Å². The molecule has 23 heavy (non-hydrogen) atoms. The predicted octanol–water partition coefficient (Wildman–Crippen LogP) is 3.79. The molecular formula is C15H13FN4OS2. The third-order valence-electron chi connectivity index (χ3n) is 2.96. The Morgan fingerprint density at radius 3 is 3.00 bits per heavy atom. The van der Waals surface area contributed by atoms with Crippen molar-refractivity contribution in [2.24, 2.45) is 0 Å². The largest absolute Gasteiger partial charge is 0.325 e. The van der Waals surface area contributed by atoms with Crippen LogP contribution in [0.3, 0.4) is 0 Å². The molecule has 0 spiro atoms. The maximum Gasteiger partial charge on any atom is 0.237 e. The molecule has 0 aliphatic carbocycles. The number of amides is 1. The summed E-state index contributed by atoms with van der Waals surface area (Å²) in [4.78, 5) is 17.5. The number of thiophene rings is 1. The number of hydrogen-bond donors (Lipinski definition) is 2. The standard InChI is InChI=1S/C15H13FN4OS2/c1-9(14(21)17-11-5-2-4-10(16)8-11)23-15-18-13(19-20-15)12-6-3-7-22-12/h2-9H,1H3,(H,17,21)(H,18,19,20)/t9-/m1/s1. The second kappa shape index (κ2) is 6.93. The summed E-state index contributed by atoms with van der Waals surface area (Å²) >= 11 is 2.80. The first-order valence-corrected chi connectivity index (χ1v) is 8.57. The average Bonchev–Trinajstić information content (AvgIpc) is 3.17. The molecule has 0 saturated heterocycles. The molecule has 2 aromatic heterocycles. The highest BCUT2D eigenvalue weighted by molar-refractivity contribution is 8.00. The van der Waals surface area contributed by atoms with Crippen molar-refractivity contribution in [3.63, 3.8) is 0 Å². The zero-order valence-corrected chi connectivity index (χ0v) is 13.7. The lowest BCUT2D eigenvalue weighted by atomic mass is 10.3. The maximum atomic E-state index is 13.1. The van der Waals surface area contributed by atoms with E-state index in [-0.39, 0.29) is 5.91 Å². The first-order chi connectivity index (χ1) is 11.1. The summed E-state index contributed by atoms with van der Waals surface area (Å²) in [6.07, 6.45) is 0. The smallest absolute Gasteiger partial charge is 0.237 e. The van der Waals surface area contributed by atoms with Gasteiger partial charge < -0.3 is 5.32 Å². The van der Waals surface area contributed by atoms with E-state index >= 15 is 0 Å². The molecule has 2 N–H and O–H groups in total. The van der Waals surface area contributed by atoms with Crippen LogP contribution in [0.5, 0.6) is 0 Å². The van der Waals surface area contributed by atoms with Crippen molar-refractivity contribution < 1.29 is 9.18 Å². The minimum atomic E-state index is -0.412. The van der Waals surface area contributed by atoms with Gasteiger partial charge in [-0.1, -0.05) is 23.9 Å². The van der Waals surface area contributed by atoms with E-state index < -0.39 is 11.1 Å². The Morgan fingerprint density at radius 2 is 2.26 bits per heavy atom. The number of aromatic amines is 1. The highest BCUT2D eigenvalue weighted by Gasteiger charge is 2.18. The third-order valence-corrected chi connectivity index (χ3v) is 4.80. The minimum absolute atomic E-state index is 0.233. The van der Waals surface area contributed by atoms with E-state index in [9.17, 15) is 9.18 Å². The number of benzene rings is 1. The van der Waals surface area contributed by atoms with E-state index in [1.165, 1.54) is 23.9 Å². The molecule has 2 heterocycles. The molecule has 0 aliphatic heterocycles. The topological polar surface area (TPSA) is 70.7 Å². The molecule has 0 saturated carbocycles. The molecule has 3 aromatic rings. The van der Waals surface area contributed by atoms with Gasteiger partial charge in [-0.05, 0) is 36.6 Å². The third kappa shape index (κ3) is 3.96. The zero-order chi connectivity index (χ0) is 16.2. The molecule has 1 aromatic carbocycles. The number of carbonyl (C=O) groups excluding carboxylic acids is 1. The molecule has 118 valence electrons. The van der Waals surface area contributed by atoms with Crippen molar-refractivity contribution in [1.29, 1.82) is 0 Å². The van der Waals surface area contributed by atoms with Gasteiger partial charge in [-0.3, -0.25) is 9.89 Å². The summed E-state index contributed by atoms with van der Waals surface area (Å²) in [7, 11) is 0. The summed E-state index contributed by atoms with van der Waals surface area (Å²) in [5.74, 6) is 0.0565. The van der Waals surface area contributed by atoms with Crippen LogP contribution in [0, 0.1) is 5.82 Å². The minimum Gasteiger partial charge on any atom is -0.325 e. The molecule has 3 rings (SSSR count). The van der Waals surface area contributed by atoms with Gasteiger partial charge in [-0.25, -0.2) is 9.37 Å². The molecule has 1 amide bonds. The van der Waals surface area contributed by atoms with E-state index in [1.54, 1.807) is 30.4 Å². The van der Waals surface area contributed by atoms with Gasteiger partial charge >= 0.3 is 0 Å². The number of carbonyl (C=O) groups is 1. The number of thioether (sulfide) groups is 1. The Bertz CT molecular complexity index is 803. The quantitative estimate of drug-likeness (QED) is 0.688. The van der Waals surface area contributed by atoms with Crippen molar-refractivity contribution in [3.8, 4) is 10.7 Å². The van der Waals surface area contributed by atoms with Crippen LogP contribution < -0.4 is 5.32 Å². The van der Waals surface area contributed by atoms with Crippen LogP contribution in [0.4, 0.5) is 10.1 Å². The van der Waals surface area contributed by atoms with Gasteiger partial charge in [0.25, 0.3) is 0 Å². The summed E-state index contributed by atoms with van der Waals surface area (Å²) in [6, 6.07) is 9.67. The molecule has 0 bridgehead atoms. The first-order valence-electron chi connectivity index (χ1n) is 6.81. The number of nitrogens with one attached hydrogen (secondary N) is 2. The Hall–Kier alpha value is -2.19. The van der Waals surface area contributed by atoms with Crippen molar-refractivity contribution in [1.82, 2.24) is 15.2 Å². The van der Waals surface area contributed by atoms with Crippen LogP contribution in [0.2, 0.25) is 0 Å². The van der Waals surface area contributed by atoms with Gasteiger partial charge in [0.2, 0.25) is 11.1 Å². The van der Waals surface area contributed by atoms with Gasteiger partial charge in [-0.2, -0.15) is 0 Å². The lowest BCUT2D eigenvalue weighted by molar-refractivity contribution is -0.115. The second-order valence-electron chi connectivity index (χ2n) is 4.70. The Morgan fingerprint density at radius 1 is 1.39 bits per heavy atom. The Kier molecular flexibility index (Phi) is 4.73. The number of H-pyrrole nitrogens is 1. The van der Waals surface area contributed by atoms with E-state index in [2.05, 4.69) is 20.5 Å². The average molecular weight is 348 g/mol. The highest BCUT2D eigenvalue weighted by atomic mass is 32.2. The number of nitrogens with zero attached hydrogens (tertiary/aromatic N) is 2. The first kappa shape index (κ1) is 15.7. The van der Waals surface area contributed by atoms with Gasteiger partial charge in [-0.15, -0.1) is 16.4 Å². The van der Waals surface area contributed by atoms with Crippen molar-refractivity contribution in [2.45, 2.75) is 17.3 Å². The fourth-order valence-electron chi connectivity index (χ4n) is 1.84. The molecule has 0 radical (unpaired) electrons. The van der Waals surface area contributed by atoms with Crippen LogP contribution in [-0.2, 0) is 4.79 Å². The molecule has 8 heteroatoms. The number of aromatic nitrogens is 3. The maximum absolute atomic E-state index is 13.1. The van der Waals surface area contributed by atoms with Crippen LogP contribution in [0.1, 0.15) is 6.92 Å². The monoisotopic (exact) mass is 348 g/mol. The second-order valence-corrected chi connectivity index (χ2v) is 6.96. The van der Waals surface area contributed by atoms with E-state index in [0.29, 0.717) is 16.7 Å². The fourth-order valence-corrected chi connectivity index (χ4v) is 3.23. The van der Waals surface area contributed by atoms with E-state index in [4.69, 9.17) is 0 Å². The lowest BCUT2D eigenvalue weighted by Gasteiger charge is -2.10. The molecular weight excluding hydrogens is 335 g/mol. The van der Waals surface area contributed by atoms with Gasteiger partial charge in [0, 0.05) is 5.69 Å². The van der Waals surface area contributed by atoms with Gasteiger partial charge in [0.15, 0.2) is 5.82 Å². The van der Waals surface area contributed by atoms with Crippen LogP contribution >= 0.6 is 23.1 Å².